The van der Waals surface area contributed by atoms with Crippen LogP contribution in [0, 0.1) is 0 Å². The average Bonchev–Trinajstić information content (AvgIpc) is 3.19. The summed E-state index contributed by atoms with van der Waals surface area (Å²) in [5, 5.41) is 15.5. The van der Waals surface area contributed by atoms with E-state index in [1.807, 2.05) is 0 Å². The Labute approximate surface area is 215 Å². The molecule has 0 unspecified atom stereocenters. The molecule has 0 aliphatic rings. The van der Waals surface area contributed by atoms with Crippen molar-refractivity contribution in [1.29, 1.82) is 0 Å². The zero-order valence-electron chi connectivity index (χ0n) is 18.0. The van der Waals surface area contributed by atoms with Gasteiger partial charge in [0.25, 0.3) is 5.91 Å². The van der Waals surface area contributed by atoms with E-state index in [9.17, 15) is 9.59 Å². The van der Waals surface area contributed by atoms with Gasteiger partial charge in [-0.05, 0) is 36.4 Å². The molecule has 8 nitrogen and oxygen atoms in total. The second-order valence-corrected chi connectivity index (χ2v) is 8.98. The fraction of sp³-hybridized carbons (Fsp3) is 0.182. The number of hydrogen-bond donors (Lipinski definition) is 2. The lowest BCUT2D eigenvalue weighted by Gasteiger charge is -2.11. The number of rotatable bonds is 10. The second-order valence-electron chi connectivity index (χ2n) is 6.79. The first kappa shape index (κ1) is 25.9. The molecule has 0 aliphatic heterocycles. The third-order valence-corrected chi connectivity index (χ3v) is 6.40. The molecular formula is C22H20Cl3N5O3S. The average molecular weight is 541 g/mol. The SMILES string of the molecule is C=CCn1c(CNC(=O)c2ccc(Cl)c(Cl)c2)nnc1SCC(=O)Nc1cc(Cl)ccc1OC. The number of allylic oxidation sites excluding steroid dienone is 1. The molecule has 0 radical (unpaired) electrons. The van der Waals surface area contributed by atoms with Gasteiger partial charge in [0.2, 0.25) is 5.91 Å². The number of methoxy groups -OCH3 is 1. The van der Waals surface area contributed by atoms with Crippen LogP contribution in [0.3, 0.4) is 0 Å². The molecule has 0 saturated carbocycles. The number of carbonyl (C=O) groups excluding carboxylic acids is 2. The predicted octanol–water partition coefficient (Wildman–Crippen LogP) is 5.09. The fourth-order valence-electron chi connectivity index (χ4n) is 2.86. The highest BCUT2D eigenvalue weighted by molar-refractivity contribution is 7.99. The van der Waals surface area contributed by atoms with Crippen LogP contribution in [-0.2, 0) is 17.9 Å². The lowest BCUT2D eigenvalue weighted by molar-refractivity contribution is -0.113. The minimum absolute atomic E-state index is 0.0700. The van der Waals surface area contributed by atoms with E-state index in [4.69, 9.17) is 39.5 Å². The maximum Gasteiger partial charge on any atom is 0.251 e. The number of carbonyl (C=O) groups is 2. The van der Waals surface area contributed by atoms with E-state index >= 15 is 0 Å². The molecule has 2 N–H and O–H groups in total. The van der Waals surface area contributed by atoms with Crippen LogP contribution in [0.4, 0.5) is 5.69 Å². The van der Waals surface area contributed by atoms with Gasteiger partial charge < -0.3 is 19.9 Å². The molecular weight excluding hydrogens is 521 g/mol. The van der Waals surface area contributed by atoms with Crippen molar-refractivity contribution in [3.8, 4) is 5.75 Å². The van der Waals surface area contributed by atoms with Gasteiger partial charge in [0, 0.05) is 17.1 Å². The van der Waals surface area contributed by atoms with Crippen molar-refractivity contribution < 1.29 is 14.3 Å². The number of amides is 2. The van der Waals surface area contributed by atoms with E-state index in [0.717, 1.165) is 0 Å². The summed E-state index contributed by atoms with van der Waals surface area (Å²) in [6.45, 7) is 4.27. The summed E-state index contributed by atoms with van der Waals surface area (Å²) in [6, 6.07) is 9.57. The molecule has 12 heteroatoms. The second kappa shape index (κ2) is 12.1. The van der Waals surface area contributed by atoms with E-state index in [1.165, 1.54) is 24.9 Å². The van der Waals surface area contributed by atoms with Crippen molar-refractivity contribution in [3.63, 3.8) is 0 Å². The van der Waals surface area contributed by atoms with Gasteiger partial charge in [0.05, 0.1) is 35.1 Å². The van der Waals surface area contributed by atoms with E-state index in [-0.39, 0.29) is 29.1 Å². The highest BCUT2D eigenvalue weighted by Crippen LogP contribution is 2.28. The minimum atomic E-state index is -0.337. The zero-order valence-corrected chi connectivity index (χ0v) is 21.1. The number of nitrogens with zero attached hydrogens (tertiary/aromatic N) is 3. The molecule has 1 aromatic heterocycles. The Kier molecular flexibility index (Phi) is 9.23. The summed E-state index contributed by atoms with van der Waals surface area (Å²) in [5.41, 5.74) is 0.839. The van der Waals surface area contributed by atoms with Crippen LogP contribution in [0.1, 0.15) is 16.2 Å². The summed E-state index contributed by atoms with van der Waals surface area (Å²) >= 11 is 19.1. The standard InChI is InChI=1S/C22H20Cl3N5O3S/c1-3-8-30-19(11-26-21(32)13-4-6-15(24)16(25)9-13)28-29-22(30)34-12-20(31)27-17-10-14(23)5-7-18(17)33-2/h3-7,9-10H,1,8,11-12H2,2H3,(H,26,32)(H,27,31). The van der Waals surface area contributed by atoms with E-state index in [2.05, 4.69) is 27.4 Å². The van der Waals surface area contributed by atoms with Gasteiger partial charge in [-0.25, -0.2) is 0 Å². The van der Waals surface area contributed by atoms with Gasteiger partial charge in [0.1, 0.15) is 5.75 Å². The summed E-state index contributed by atoms with van der Waals surface area (Å²) in [5.74, 6) is 0.467. The summed E-state index contributed by atoms with van der Waals surface area (Å²) in [7, 11) is 1.51. The Balaban J connectivity index is 1.63. The van der Waals surface area contributed by atoms with Crippen molar-refractivity contribution in [3.05, 3.63) is 75.5 Å². The molecule has 2 amide bonds. The number of thioether (sulfide) groups is 1. The largest absolute Gasteiger partial charge is 0.495 e. The molecule has 34 heavy (non-hydrogen) atoms. The minimum Gasteiger partial charge on any atom is -0.495 e. The van der Waals surface area contributed by atoms with Gasteiger partial charge in [-0.1, -0.05) is 52.6 Å². The monoisotopic (exact) mass is 539 g/mol. The van der Waals surface area contributed by atoms with Crippen molar-refractivity contribution in [2.45, 2.75) is 18.2 Å². The number of ether oxygens (including phenoxy) is 1. The van der Waals surface area contributed by atoms with Gasteiger partial charge in [-0.3, -0.25) is 9.59 Å². The Morgan fingerprint density at radius 1 is 1.15 bits per heavy atom. The lowest BCUT2D eigenvalue weighted by atomic mass is 10.2. The van der Waals surface area contributed by atoms with Crippen molar-refractivity contribution in [2.75, 3.05) is 18.2 Å². The molecule has 1 heterocycles. The molecule has 0 atom stereocenters. The van der Waals surface area contributed by atoms with E-state index < -0.39 is 0 Å². The molecule has 2 aromatic carbocycles. The number of benzene rings is 2. The van der Waals surface area contributed by atoms with Crippen LogP contribution in [0.15, 0.2) is 54.2 Å². The molecule has 0 aliphatic carbocycles. The Morgan fingerprint density at radius 2 is 1.94 bits per heavy atom. The van der Waals surface area contributed by atoms with Crippen LogP contribution in [-0.4, -0.2) is 39.4 Å². The maximum absolute atomic E-state index is 12.5. The number of hydrogen-bond acceptors (Lipinski definition) is 6. The number of aromatic nitrogens is 3. The summed E-state index contributed by atoms with van der Waals surface area (Å²) in [4.78, 5) is 24.9. The Bertz CT molecular complexity index is 1220. The first-order valence-electron chi connectivity index (χ1n) is 9.84. The molecule has 3 aromatic rings. The normalized spacial score (nSPS) is 10.6. The summed E-state index contributed by atoms with van der Waals surface area (Å²) < 4.78 is 7.01. The Hall–Kier alpha value is -2.72. The number of anilines is 1. The Morgan fingerprint density at radius 3 is 2.65 bits per heavy atom. The third-order valence-electron chi connectivity index (χ3n) is 4.46. The summed E-state index contributed by atoms with van der Waals surface area (Å²) in [6.07, 6.45) is 1.68. The van der Waals surface area contributed by atoms with Crippen LogP contribution >= 0.6 is 46.6 Å². The van der Waals surface area contributed by atoms with Gasteiger partial charge in [-0.2, -0.15) is 0 Å². The molecule has 0 saturated heterocycles. The predicted molar refractivity (Wildman–Crippen MR) is 135 cm³/mol. The smallest absolute Gasteiger partial charge is 0.251 e. The number of nitrogens with one attached hydrogen (secondary N) is 2. The molecule has 178 valence electrons. The first-order chi connectivity index (χ1) is 16.3. The van der Waals surface area contributed by atoms with Gasteiger partial charge >= 0.3 is 0 Å². The van der Waals surface area contributed by atoms with Crippen LogP contribution < -0.4 is 15.4 Å². The van der Waals surface area contributed by atoms with Crippen molar-refractivity contribution in [1.82, 2.24) is 20.1 Å². The number of halogens is 3. The first-order valence-corrected chi connectivity index (χ1v) is 12.0. The molecule has 0 spiro atoms. The van der Waals surface area contributed by atoms with Crippen LogP contribution in [0.25, 0.3) is 0 Å². The molecule has 0 fully saturated rings. The van der Waals surface area contributed by atoms with Crippen molar-refractivity contribution in [2.24, 2.45) is 0 Å². The van der Waals surface area contributed by atoms with E-state index in [0.29, 0.717) is 44.6 Å². The quantitative estimate of drug-likeness (QED) is 0.274. The highest BCUT2D eigenvalue weighted by Gasteiger charge is 2.16. The van der Waals surface area contributed by atoms with Crippen LogP contribution in [0.5, 0.6) is 5.75 Å². The van der Waals surface area contributed by atoms with E-state index in [1.54, 1.807) is 41.0 Å². The zero-order chi connectivity index (χ0) is 24.7. The fourth-order valence-corrected chi connectivity index (χ4v) is 4.10. The lowest BCUT2D eigenvalue weighted by Crippen LogP contribution is -2.25. The molecule has 0 bridgehead atoms. The van der Waals surface area contributed by atoms with Crippen molar-refractivity contribution >= 4 is 64.1 Å². The topological polar surface area (TPSA) is 98.1 Å². The van der Waals surface area contributed by atoms with Gasteiger partial charge in [-0.15, -0.1) is 16.8 Å². The highest BCUT2D eigenvalue weighted by atomic mass is 35.5. The van der Waals surface area contributed by atoms with Gasteiger partial charge in [0.15, 0.2) is 11.0 Å². The molecule has 3 rings (SSSR count). The third kappa shape index (κ3) is 6.66. The van der Waals surface area contributed by atoms with Crippen LogP contribution in [0.2, 0.25) is 15.1 Å². The maximum atomic E-state index is 12.5.